The third kappa shape index (κ3) is 4.63. The van der Waals surface area contributed by atoms with Gasteiger partial charge < -0.3 is 19.2 Å². The maximum atomic E-state index is 13.3. The monoisotopic (exact) mass is 477 g/mol. The minimum Gasteiger partial charge on any atom is -0.495 e. The number of halogens is 1. The van der Waals surface area contributed by atoms with E-state index < -0.39 is 17.8 Å². The number of anilines is 1. The van der Waals surface area contributed by atoms with Gasteiger partial charge in [0.1, 0.15) is 17.1 Å². The van der Waals surface area contributed by atoms with Gasteiger partial charge in [-0.25, -0.2) is 0 Å². The van der Waals surface area contributed by atoms with Crippen molar-refractivity contribution in [2.45, 2.75) is 26.9 Å². The Kier molecular flexibility index (Phi) is 6.61. The number of carbonyl (C=O) groups excluding carboxylic acids is 2. The van der Waals surface area contributed by atoms with E-state index in [-0.39, 0.29) is 11.4 Å². The number of furan rings is 1. The van der Waals surface area contributed by atoms with E-state index in [2.05, 4.69) is 5.32 Å². The van der Waals surface area contributed by atoms with Crippen LogP contribution in [0.25, 0.3) is 11.0 Å². The van der Waals surface area contributed by atoms with Crippen LogP contribution < -0.4 is 14.8 Å². The molecular weight excluding hydrogens is 454 g/mol. The summed E-state index contributed by atoms with van der Waals surface area (Å²) in [5, 5.41) is 3.74. The van der Waals surface area contributed by atoms with Crippen molar-refractivity contribution in [3.05, 3.63) is 88.1 Å². The number of ether oxygens (including phenoxy) is 2. The third-order valence-corrected chi connectivity index (χ3v) is 5.92. The maximum Gasteiger partial charge on any atom is 0.265 e. The number of nitrogens with one attached hydrogen (secondary N) is 1. The number of methoxy groups -OCH3 is 1. The summed E-state index contributed by atoms with van der Waals surface area (Å²) < 4.78 is 16.9. The quantitative estimate of drug-likeness (QED) is 0.314. The number of aryl methyl sites for hydroxylation is 2. The lowest BCUT2D eigenvalue weighted by molar-refractivity contribution is -0.122. The molecule has 1 N–H and O–H groups in total. The van der Waals surface area contributed by atoms with Gasteiger partial charge in [0, 0.05) is 10.9 Å². The molecular formula is C27H24ClNO5. The van der Waals surface area contributed by atoms with Crippen molar-refractivity contribution in [3.63, 3.8) is 0 Å². The minimum absolute atomic E-state index is 0.00849. The fraction of sp³-hybridized carbons (Fsp3) is 0.185. The molecule has 1 aromatic heterocycles. The lowest BCUT2D eigenvalue weighted by Crippen LogP contribution is -2.30. The highest BCUT2D eigenvalue weighted by atomic mass is 35.5. The normalized spacial score (nSPS) is 11.8. The van der Waals surface area contributed by atoms with E-state index >= 15 is 0 Å². The van der Waals surface area contributed by atoms with Crippen molar-refractivity contribution >= 4 is 39.9 Å². The molecule has 0 saturated heterocycles. The first-order valence-corrected chi connectivity index (χ1v) is 11.1. The van der Waals surface area contributed by atoms with Crippen LogP contribution in [0.5, 0.6) is 11.5 Å². The molecule has 1 atom stereocenters. The van der Waals surface area contributed by atoms with Gasteiger partial charge in [-0.2, -0.15) is 0 Å². The van der Waals surface area contributed by atoms with Crippen LogP contribution in [0.15, 0.2) is 65.1 Å². The van der Waals surface area contributed by atoms with Crippen LogP contribution >= 0.6 is 11.6 Å². The number of fused-ring (bicyclic) bond motifs is 1. The highest BCUT2D eigenvalue weighted by Gasteiger charge is 2.26. The molecule has 4 rings (SSSR count). The number of amides is 1. The van der Waals surface area contributed by atoms with E-state index in [0.29, 0.717) is 33.1 Å². The predicted octanol–water partition coefficient (Wildman–Crippen LogP) is 6.35. The zero-order valence-corrected chi connectivity index (χ0v) is 20.0. The fourth-order valence-electron chi connectivity index (χ4n) is 3.54. The van der Waals surface area contributed by atoms with Crippen molar-refractivity contribution in [1.29, 1.82) is 0 Å². The summed E-state index contributed by atoms with van der Waals surface area (Å²) >= 11 is 6.21. The van der Waals surface area contributed by atoms with Gasteiger partial charge in [-0.05, 0) is 74.4 Å². The lowest BCUT2D eigenvalue weighted by Gasteiger charge is -2.16. The summed E-state index contributed by atoms with van der Waals surface area (Å²) in [6.07, 6.45) is -0.811. The molecule has 1 unspecified atom stereocenters. The van der Waals surface area contributed by atoms with Crippen LogP contribution in [-0.2, 0) is 4.79 Å². The second kappa shape index (κ2) is 9.61. The van der Waals surface area contributed by atoms with Crippen LogP contribution in [0.4, 0.5) is 5.69 Å². The SMILES string of the molecule is COc1ccc(C(=O)c2oc3ccccc3c2NC(=O)C(C)Oc2ccc(C)c(C)c2)cc1Cl. The standard InChI is InChI=1S/C27H24ClNO5/c1-15-9-11-19(13-16(15)2)33-17(3)27(31)29-24-20-7-5-6-8-22(20)34-26(24)25(30)18-10-12-23(32-4)21(28)14-18/h5-14,17H,1-4H3,(H,29,31). The van der Waals surface area contributed by atoms with Crippen molar-refractivity contribution in [1.82, 2.24) is 0 Å². The van der Waals surface area contributed by atoms with Gasteiger partial charge in [-0.15, -0.1) is 0 Å². The predicted molar refractivity (Wildman–Crippen MR) is 132 cm³/mol. The minimum atomic E-state index is -0.811. The van der Waals surface area contributed by atoms with Gasteiger partial charge >= 0.3 is 0 Å². The smallest absolute Gasteiger partial charge is 0.265 e. The van der Waals surface area contributed by atoms with E-state index in [1.54, 1.807) is 43.3 Å². The molecule has 0 spiro atoms. The Bertz CT molecular complexity index is 1390. The van der Waals surface area contributed by atoms with Crippen LogP contribution in [0, 0.1) is 13.8 Å². The largest absolute Gasteiger partial charge is 0.495 e. The van der Waals surface area contributed by atoms with Crippen molar-refractivity contribution in [2.24, 2.45) is 0 Å². The molecule has 0 aliphatic heterocycles. The summed E-state index contributed by atoms with van der Waals surface area (Å²) in [5.41, 5.74) is 3.27. The highest BCUT2D eigenvalue weighted by Crippen LogP contribution is 2.34. The molecule has 0 bridgehead atoms. The van der Waals surface area contributed by atoms with Gasteiger partial charge in [0.25, 0.3) is 5.91 Å². The Balaban J connectivity index is 1.64. The van der Waals surface area contributed by atoms with Crippen molar-refractivity contribution < 1.29 is 23.5 Å². The Morgan fingerprint density at radius 2 is 1.76 bits per heavy atom. The van der Waals surface area contributed by atoms with E-state index in [4.69, 9.17) is 25.5 Å². The molecule has 34 heavy (non-hydrogen) atoms. The topological polar surface area (TPSA) is 77.8 Å². The zero-order valence-electron chi connectivity index (χ0n) is 19.3. The van der Waals surface area contributed by atoms with Crippen molar-refractivity contribution in [3.8, 4) is 11.5 Å². The van der Waals surface area contributed by atoms with Gasteiger partial charge in [0.15, 0.2) is 11.9 Å². The number of rotatable bonds is 7. The van der Waals surface area contributed by atoms with Gasteiger partial charge in [0.05, 0.1) is 17.8 Å². The molecule has 174 valence electrons. The van der Waals surface area contributed by atoms with Crippen molar-refractivity contribution in [2.75, 3.05) is 12.4 Å². The molecule has 7 heteroatoms. The third-order valence-electron chi connectivity index (χ3n) is 5.62. The first-order chi connectivity index (χ1) is 16.3. The first-order valence-electron chi connectivity index (χ1n) is 10.7. The van der Waals surface area contributed by atoms with Crippen LogP contribution in [-0.4, -0.2) is 24.9 Å². The summed E-state index contributed by atoms with van der Waals surface area (Å²) in [6.45, 7) is 5.64. The van der Waals surface area contributed by atoms with Gasteiger partial charge in [-0.3, -0.25) is 9.59 Å². The molecule has 0 aliphatic rings. The molecule has 1 heterocycles. The molecule has 6 nitrogen and oxygen atoms in total. The number of benzene rings is 3. The fourth-order valence-corrected chi connectivity index (χ4v) is 3.80. The van der Waals surface area contributed by atoms with E-state index in [0.717, 1.165) is 11.1 Å². The molecule has 0 radical (unpaired) electrons. The van der Waals surface area contributed by atoms with E-state index in [1.165, 1.54) is 13.2 Å². The Morgan fingerprint density at radius 3 is 2.47 bits per heavy atom. The van der Waals surface area contributed by atoms with Crippen LogP contribution in [0.1, 0.15) is 34.2 Å². The first kappa shape index (κ1) is 23.4. The average molecular weight is 478 g/mol. The average Bonchev–Trinajstić information content (AvgIpc) is 3.19. The molecule has 4 aromatic rings. The van der Waals surface area contributed by atoms with Gasteiger partial charge in [-0.1, -0.05) is 29.8 Å². The summed E-state index contributed by atoms with van der Waals surface area (Å²) in [6, 6.07) is 17.5. The Morgan fingerprint density at radius 1 is 1.00 bits per heavy atom. The zero-order chi connectivity index (χ0) is 24.4. The summed E-state index contributed by atoms with van der Waals surface area (Å²) in [4.78, 5) is 26.4. The summed E-state index contributed by atoms with van der Waals surface area (Å²) in [5.74, 6) is 0.222. The number of ketones is 1. The van der Waals surface area contributed by atoms with E-state index in [1.807, 2.05) is 32.0 Å². The second-order valence-corrected chi connectivity index (χ2v) is 8.38. The summed E-state index contributed by atoms with van der Waals surface area (Å²) in [7, 11) is 1.50. The molecule has 1 amide bonds. The van der Waals surface area contributed by atoms with Gasteiger partial charge in [0.2, 0.25) is 5.78 Å². The highest BCUT2D eigenvalue weighted by molar-refractivity contribution is 6.32. The van der Waals surface area contributed by atoms with E-state index in [9.17, 15) is 9.59 Å². The second-order valence-electron chi connectivity index (χ2n) is 7.98. The molecule has 0 aliphatic carbocycles. The number of hydrogen-bond acceptors (Lipinski definition) is 5. The number of para-hydroxylation sites is 1. The Labute approximate surface area is 202 Å². The Hall–Kier alpha value is -3.77. The molecule has 3 aromatic carbocycles. The van der Waals surface area contributed by atoms with Crippen LogP contribution in [0.3, 0.4) is 0 Å². The molecule has 0 fully saturated rings. The lowest BCUT2D eigenvalue weighted by atomic mass is 10.1. The maximum absolute atomic E-state index is 13.3. The number of carbonyl (C=O) groups is 2. The number of hydrogen-bond donors (Lipinski definition) is 1. The van der Waals surface area contributed by atoms with Crippen LogP contribution in [0.2, 0.25) is 5.02 Å². The molecule has 0 saturated carbocycles.